The van der Waals surface area contributed by atoms with Crippen molar-refractivity contribution in [1.82, 2.24) is 9.88 Å². The summed E-state index contributed by atoms with van der Waals surface area (Å²) in [7, 11) is 3.61. The number of nitrogens with one attached hydrogen (secondary N) is 1. The molecule has 0 radical (unpaired) electrons. The highest BCUT2D eigenvalue weighted by molar-refractivity contribution is 5.82. The number of fused-ring (bicyclic) bond motifs is 1. The molecule has 1 atom stereocenters. The summed E-state index contributed by atoms with van der Waals surface area (Å²) in [6.07, 6.45) is 1.51. The molecule has 0 spiro atoms. The Morgan fingerprint density at radius 3 is 3.00 bits per heavy atom. The number of rotatable bonds is 6. The first-order valence-electron chi connectivity index (χ1n) is 6.11. The molecule has 2 N–H and O–H groups in total. The topological polar surface area (TPSA) is 48.5 Å². The summed E-state index contributed by atoms with van der Waals surface area (Å²) in [5.41, 5.74) is 2.42. The Bertz CT molecular complexity index is 495. The number of aliphatic hydroxyl groups excluding tert-OH is 1. The normalized spacial score (nSPS) is 13.3. The first-order chi connectivity index (χ1) is 8.70. The van der Waals surface area contributed by atoms with Crippen LogP contribution in [-0.4, -0.2) is 48.4 Å². The van der Waals surface area contributed by atoms with Crippen molar-refractivity contribution < 1.29 is 9.84 Å². The summed E-state index contributed by atoms with van der Waals surface area (Å²) in [4.78, 5) is 5.31. The van der Waals surface area contributed by atoms with Crippen molar-refractivity contribution in [2.75, 3.05) is 27.3 Å². The van der Waals surface area contributed by atoms with Crippen molar-refractivity contribution in [2.45, 2.75) is 12.6 Å². The molecule has 0 aliphatic carbocycles. The van der Waals surface area contributed by atoms with Crippen molar-refractivity contribution >= 4 is 10.9 Å². The average Bonchev–Trinajstić information content (AvgIpc) is 2.78. The van der Waals surface area contributed by atoms with Crippen molar-refractivity contribution in [1.29, 1.82) is 0 Å². The maximum atomic E-state index is 9.70. The van der Waals surface area contributed by atoms with Crippen LogP contribution in [0.4, 0.5) is 0 Å². The van der Waals surface area contributed by atoms with Gasteiger partial charge in [0.05, 0.1) is 12.7 Å². The average molecular weight is 248 g/mol. The van der Waals surface area contributed by atoms with Crippen LogP contribution < -0.4 is 0 Å². The van der Waals surface area contributed by atoms with Crippen molar-refractivity contribution in [3.05, 3.63) is 36.0 Å². The molecule has 1 aromatic heterocycles. The number of benzene rings is 1. The zero-order valence-corrected chi connectivity index (χ0v) is 10.9. The van der Waals surface area contributed by atoms with Crippen molar-refractivity contribution in [2.24, 2.45) is 0 Å². The van der Waals surface area contributed by atoms with E-state index in [1.54, 1.807) is 7.11 Å². The molecule has 1 aromatic carbocycles. The Morgan fingerprint density at radius 1 is 1.39 bits per heavy atom. The summed E-state index contributed by atoms with van der Waals surface area (Å²) in [6.45, 7) is 1.79. The van der Waals surface area contributed by atoms with Gasteiger partial charge in [-0.2, -0.15) is 0 Å². The van der Waals surface area contributed by atoms with Crippen LogP contribution >= 0.6 is 0 Å². The Labute approximate surface area is 107 Å². The van der Waals surface area contributed by atoms with E-state index in [0.29, 0.717) is 13.2 Å². The zero-order chi connectivity index (χ0) is 13.0. The lowest BCUT2D eigenvalue weighted by Gasteiger charge is -2.20. The van der Waals surface area contributed by atoms with Crippen LogP contribution in [0.25, 0.3) is 10.9 Å². The lowest BCUT2D eigenvalue weighted by atomic mass is 10.1. The van der Waals surface area contributed by atoms with E-state index in [1.165, 1.54) is 10.9 Å². The fourth-order valence-electron chi connectivity index (χ4n) is 2.25. The summed E-state index contributed by atoms with van der Waals surface area (Å²) < 4.78 is 4.93. The van der Waals surface area contributed by atoms with Gasteiger partial charge in [-0.05, 0) is 24.7 Å². The van der Waals surface area contributed by atoms with E-state index in [2.05, 4.69) is 28.1 Å². The number of aromatic nitrogens is 1. The van der Waals surface area contributed by atoms with E-state index in [4.69, 9.17) is 4.74 Å². The molecule has 4 heteroatoms. The molecule has 0 saturated heterocycles. The molecule has 0 amide bonds. The van der Waals surface area contributed by atoms with Gasteiger partial charge in [0.1, 0.15) is 0 Å². The van der Waals surface area contributed by atoms with Crippen LogP contribution in [0.15, 0.2) is 30.5 Å². The Morgan fingerprint density at radius 2 is 2.22 bits per heavy atom. The van der Waals surface area contributed by atoms with Crippen molar-refractivity contribution in [3.63, 3.8) is 0 Å². The zero-order valence-electron chi connectivity index (χ0n) is 10.9. The quantitative estimate of drug-likeness (QED) is 0.816. The number of aromatic amines is 1. The van der Waals surface area contributed by atoms with Crippen LogP contribution in [0.2, 0.25) is 0 Å². The van der Waals surface area contributed by atoms with E-state index < -0.39 is 6.10 Å². The second-order valence-corrected chi connectivity index (χ2v) is 4.66. The molecule has 1 unspecified atom stereocenters. The highest BCUT2D eigenvalue weighted by Gasteiger charge is 2.09. The fraction of sp³-hybridized carbons (Fsp3) is 0.429. The largest absolute Gasteiger partial charge is 0.389 e. The van der Waals surface area contributed by atoms with Crippen LogP contribution in [-0.2, 0) is 11.3 Å². The van der Waals surface area contributed by atoms with Gasteiger partial charge in [-0.25, -0.2) is 0 Å². The van der Waals surface area contributed by atoms with E-state index >= 15 is 0 Å². The smallest absolute Gasteiger partial charge is 0.0900 e. The summed E-state index contributed by atoms with van der Waals surface area (Å²) in [5, 5.41) is 10.9. The molecule has 2 aromatic rings. The van der Waals surface area contributed by atoms with E-state index in [1.807, 2.05) is 19.3 Å². The summed E-state index contributed by atoms with van der Waals surface area (Å²) >= 11 is 0. The summed E-state index contributed by atoms with van der Waals surface area (Å²) in [6, 6.07) is 8.33. The molecule has 0 saturated carbocycles. The molecule has 0 bridgehead atoms. The number of hydrogen-bond donors (Lipinski definition) is 2. The minimum absolute atomic E-state index is 0.374. The van der Waals surface area contributed by atoms with Gasteiger partial charge in [-0.1, -0.05) is 12.1 Å². The van der Waals surface area contributed by atoms with E-state index in [9.17, 15) is 5.11 Å². The van der Waals surface area contributed by atoms with E-state index in [0.717, 1.165) is 12.1 Å². The molecule has 18 heavy (non-hydrogen) atoms. The van der Waals surface area contributed by atoms with Gasteiger partial charge in [-0.3, -0.25) is 4.90 Å². The van der Waals surface area contributed by atoms with Gasteiger partial charge in [0.2, 0.25) is 0 Å². The summed E-state index contributed by atoms with van der Waals surface area (Å²) in [5.74, 6) is 0. The molecule has 0 fully saturated rings. The molecule has 0 aliphatic rings. The second-order valence-electron chi connectivity index (χ2n) is 4.66. The molecule has 4 nitrogen and oxygen atoms in total. The van der Waals surface area contributed by atoms with E-state index in [-0.39, 0.29) is 0 Å². The molecule has 98 valence electrons. The predicted octanol–water partition coefficient (Wildman–Crippen LogP) is 1.61. The van der Waals surface area contributed by atoms with Crippen LogP contribution in [0.3, 0.4) is 0 Å². The third-order valence-electron chi connectivity index (χ3n) is 3.01. The molecule has 0 aliphatic heterocycles. The Kier molecular flexibility index (Phi) is 4.36. The maximum Gasteiger partial charge on any atom is 0.0900 e. The number of nitrogens with zero attached hydrogens (tertiary/aromatic N) is 1. The minimum atomic E-state index is -0.439. The van der Waals surface area contributed by atoms with Gasteiger partial charge in [0.25, 0.3) is 0 Å². The highest BCUT2D eigenvalue weighted by Crippen LogP contribution is 2.18. The van der Waals surface area contributed by atoms with Gasteiger partial charge in [0.15, 0.2) is 0 Å². The standard InChI is InChI=1S/C14H20N2O2/c1-16(9-12(17)10-18-2)8-11-4-3-5-14-13(11)6-7-15-14/h3-7,12,15,17H,8-10H2,1-2H3. The molecular weight excluding hydrogens is 228 g/mol. The van der Waals surface area contributed by atoms with Crippen molar-refractivity contribution in [3.8, 4) is 0 Å². The van der Waals surface area contributed by atoms with Crippen LogP contribution in [0.5, 0.6) is 0 Å². The fourth-order valence-corrected chi connectivity index (χ4v) is 2.25. The number of methoxy groups -OCH3 is 1. The number of hydrogen-bond acceptors (Lipinski definition) is 3. The SMILES string of the molecule is COCC(O)CN(C)Cc1cccc2[nH]ccc12. The van der Waals surface area contributed by atoms with Gasteiger partial charge >= 0.3 is 0 Å². The Hall–Kier alpha value is -1.36. The third kappa shape index (κ3) is 3.10. The maximum absolute atomic E-state index is 9.70. The number of aliphatic hydroxyl groups is 1. The van der Waals surface area contributed by atoms with Crippen LogP contribution in [0, 0.1) is 0 Å². The number of likely N-dealkylation sites (N-methyl/N-ethyl adjacent to an activating group) is 1. The lowest BCUT2D eigenvalue weighted by molar-refractivity contribution is 0.0419. The number of ether oxygens (including phenoxy) is 1. The molecule has 1 heterocycles. The van der Waals surface area contributed by atoms with Crippen LogP contribution in [0.1, 0.15) is 5.56 Å². The third-order valence-corrected chi connectivity index (χ3v) is 3.01. The highest BCUT2D eigenvalue weighted by atomic mass is 16.5. The predicted molar refractivity (Wildman–Crippen MR) is 72.5 cm³/mol. The minimum Gasteiger partial charge on any atom is -0.389 e. The van der Waals surface area contributed by atoms with Gasteiger partial charge < -0.3 is 14.8 Å². The molecule has 2 rings (SSSR count). The van der Waals surface area contributed by atoms with Gasteiger partial charge in [0, 0.05) is 37.3 Å². The monoisotopic (exact) mass is 248 g/mol. The number of H-pyrrole nitrogens is 1. The van der Waals surface area contributed by atoms with Gasteiger partial charge in [-0.15, -0.1) is 0 Å². The lowest BCUT2D eigenvalue weighted by Crippen LogP contribution is -2.31. The second kappa shape index (κ2) is 6.00. The molecular formula is C14H20N2O2. The Balaban J connectivity index is 2.02. The first kappa shape index (κ1) is 13.1. The first-order valence-corrected chi connectivity index (χ1v) is 6.11.